The van der Waals surface area contributed by atoms with Gasteiger partial charge < -0.3 is 14.6 Å². The van der Waals surface area contributed by atoms with Crippen molar-refractivity contribution >= 4 is 0 Å². The van der Waals surface area contributed by atoms with Gasteiger partial charge in [-0.15, -0.1) is 10.2 Å². The van der Waals surface area contributed by atoms with Crippen LogP contribution in [0, 0.1) is 0 Å². The first-order valence-corrected chi connectivity index (χ1v) is 7.04. The normalized spacial score (nSPS) is 27.4. The average molecular weight is 250 g/mol. The monoisotopic (exact) mass is 250 g/mol. The van der Waals surface area contributed by atoms with E-state index in [2.05, 4.69) is 20.1 Å². The molecule has 1 aromatic rings. The number of nitrogens with zero attached hydrogens (tertiary/aromatic N) is 3. The van der Waals surface area contributed by atoms with Crippen LogP contribution in [0.1, 0.15) is 43.8 Å². The van der Waals surface area contributed by atoms with Crippen LogP contribution >= 0.6 is 0 Å². The van der Waals surface area contributed by atoms with Crippen molar-refractivity contribution in [2.45, 2.75) is 63.8 Å². The number of fused-ring (bicyclic) bond motifs is 1. The van der Waals surface area contributed by atoms with Gasteiger partial charge in [-0.3, -0.25) is 0 Å². The van der Waals surface area contributed by atoms with Gasteiger partial charge in [0.15, 0.2) is 0 Å². The molecule has 5 heteroatoms. The second-order valence-corrected chi connectivity index (χ2v) is 5.39. The molecule has 2 heterocycles. The Morgan fingerprint density at radius 3 is 3.11 bits per heavy atom. The van der Waals surface area contributed by atoms with Crippen molar-refractivity contribution in [3.05, 3.63) is 11.6 Å². The van der Waals surface area contributed by atoms with Crippen molar-refractivity contribution in [1.82, 2.24) is 20.1 Å². The number of rotatable bonds is 4. The Hall–Kier alpha value is -0.940. The molecule has 3 rings (SSSR count). The minimum Gasteiger partial charge on any atom is -0.381 e. The zero-order valence-corrected chi connectivity index (χ0v) is 11.1. The first-order chi connectivity index (χ1) is 8.86. The SMILES string of the molecule is COC1CCC(NCc2nnc3n2CCCC3)C1. The van der Waals surface area contributed by atoms with E-state index in [9.17, 15) is 0 Å². The zero-order valence-electron chi connectivity index (χ0n) is 11.1. The molecule has 0 radical (unpaired) electrons. The highest BCUT2D eigenvalue weighted by Crippen LogP contribution is 2.22. The second kappa shape index (κ2) is 5.36. The van der Waals surface area contributed by atoms with E-state index in [1.165, 1.54) is 31.5 Å². The summed E-state index contributed by atoms with van der Waals surface area (Å²) in [6, 6.07) is 0.575. The van der Waals surface area contributed by atoms with Crippen LogP contribution in [0.2, 0.25) is 0 Å². The Morgan fingerprint density at radius 1 is 1.33 bits per heavy atom. The molecule has 1 N–H and O–H groups in total. The molecule has 1 saturated carbocycles. The highest BCUT2D eigenvalue weighted by molar-refractivity contribution is 4.99. The van der Waals surface area contributed by atoms with Crippen molar-refractivity contribution in [3.63, 3.8) is 0 Å². The summed E-state index contributed by atoms with van der Waals surface area (Å²) in [5.41, 5.74) is 0. The average Bonchev–Trinajstić information content (AvgIpc) is 3.03. The number of hydrogen-bond acceptors (Lipinski definition) is 4. The van der Waals surface area contributed by atoms with Crippen LogP contribution in [0.5, 0.6) is 0 Å². The maximum absolute atomic E-state index is 5.40. The third kappa shape index (κ3) is 2.42. The highest BCUT2D eigenvalue weighted by Gasteiger charge is 2.24. The Balaban J connectivity index is 1.56. The van der Waals surface area contributed by atoms with Crippen molar-refractivity contribution in [2.75, 3.05) is 7.11 Å². The van der Waals surface area contributed by atoms with Crippen LogP contribution in [0.3, 0.4) is 0 Å². The van der Waals surface area contributed by atoms with Crippen LogP contribution in [0.15, 0.2) is 0 Å². The summed E-state index contributed by atoms with van der Waals surface area (Å²) in [7, 11) is 1.81. The van der Waals surface area contributed by atoms with Crippen molar-refractivity contribution < 1.29 is 4.74 Å². The van der Waals surface area contributed by atoms with E-state index >= 15 is 0 Å². The van der Waals surface area contributed by atoms with Crippen molar-refractivity contribution in [1.29, 1.82) is 0 Å². The Labute approximate surface area is 108 Å². The van der Waals surface area contributed by atoms with E-state index in [-0.39, 0.29) is 0 Å². The fourth-order valence-corrected chi connectivity index (χ4v) is 3.07. The molecule has 5 nitrogen and oxygen atoms in total. The van der Waals surface area contributed by atoms with Gasteiger partial charge in [0, 0.05) is 26.1 Å². The second-order valence-electron chi connectivity index (χ2n) is 5.39. The summed E-state index contributed by atoms with van der Waals surface area (Å²) in [6.07, 6.45) is 7.54. The lowest BCUT2D eigenvalue weighted by Gasteiger charge is -2.16. The lowest BCUT2D eigenvalue weighted by molar-refractivity contribution is 0.107. The Morgan fingerprint density at radius 2 is 2.28 bits per heavy atom. The summed E-state index contributed by atoms with van der Waals surface area (Å²) in [5, 5.41) is 12.2. The number of hydrogen-bond donors (Lipinski definition) is 1. The highest BCUT2D eigenvalue weighted by atomic mass is 16.5. The van der Waals surface area contributed by atoms with Crippen LogP contribution in [0.25, 0.3) is 0 Å². The summed E-state index contributed by atoms with van der Waals surface area (Å²) in [4.78, 5) is 0. The molecule has 1 fully saturated rings. The number of ether oxygens (including phenoxy) is 1. The predicted molar refractivity (Wildman–Crippen MR) is 68.2 cm³/mol. The van der Waals surface area contributed by atoms with Crippen LogP contribution < -0.4 is 5.32 Å². The summed E-state index contributed by atoms with van der Waals surface area (Å²) < 4.78 is 7.69. The molecular weight excluding hydrogens is 228 g/mol. The molecule has 0 bridgehead atoms. The van der Waals surface area contributed by atoms with E-state index < -0.39 is 0 Å². The molecule has 2 aliphatic rings. The van der Waals surface area contributed by atoms with Crippen molar-refractivity contribution in [3.8, 4) is 0 Å². The molecule has 2 unspecified atom stereocenters. The first kappa shape index (κ1) is 12.1. The van der Waals surface area contributed by atoms with Gasteiger partial charge in [0.25, 0.3) is 0 Å². The molecule has 2 atom stereocenters. The van der Waals surface area contributed by atoms with Gasteiger partial charge in [-0.2, -0.15) is 0 Å². The standard InChI is InChI=1S/C13H22N4O/c1-18-11-6-5-10(8-11)14-9-13-16-15-12-4-2-3-7-17(12)13/h10-11,14H,2-9H2,1H3. The quantitative estimate of drug-likeness (QED) is 0.874. The van der Waals surface area contributed by atoms with E-state index in [4.69, 9.17) is 4.74 Å². The third-order valence-corrected chi connectivity index (χ3v) is 4.20. The molecule has 0 amide bonds. The van der Waals surface area contributed by atoms with Gasteiger partial charge in [0.2, 0.25) is 0 Å². The summed E-state index contributed by atoms with van der Waals surface area (Å²) in [5.74, 6) is 2.27. The van der Waals surface area contributed by atoms with Gasteiger partial charge in [-0.1, -0.05) is 0 Å². The number of aryl methyl sites for hydroxylation is 1. The largest absolute Gasteiger partial charge is 0.381 e. The predicted octanol–water partition coefficient (Wildman–Crippen LogP) is 1.27. The van der Waals surface area contributed by atoms with Crippen LogP contribution in [-0.4, -0.2) is 34.0 Å². The van der Waals surface area contributed by atoms with Crippen molar-refractivity contribution in [2.24, 2.45) is 0 Å². The molecule has 100 valence electrons. The van der Waals surface area contributed by atoms with Gasteiger partial charge >= 0.3 is 0 Å². The molecular formula is C13H22N4O. The summed E-state index contributed by atoms with van der Waals surface area (Å²) >= 11 is 0. The van der Waals surface area contributed by atoms with Gasteiger partial charge in [0.1, 0.15) is 11.6 Å². The lowest BCUT2D eigenvalue weighted by atomic mass is 10.1. The molecule has 0 aromatic carbocycles. The van der Waals surface area contributed by atoms with Crippen LogP contribution in [-0.2, 0) is 24.2 Å². The van der Waals surface area contributed by atoms with Crippen LogP contribution in [0.4, 0.5) is 0 Å². The molecule has 1 aliphatic heterocycles. The molecule has 1 aromatic heterocycles. The first-order valence-electron chi connectivity index (χ1n) is 7.04. The molecule has 1 aliphatic carbocycles. The molecule has 0 saturated heterocycles. The third-order valence-electron chi connectivity index (χ3n) is 4.20. The molecule has 18 heavy (non-hydrogen) atoms. The van der Waals surface area contributed by atoms with E-state index in [0.29, 0.717) is 12.1 Å². The van der Waals surface area contributed by atoms with E-state index in [1.54, 1.807) is 0 Å². The van der Waals surface area contributed by atoms with E-state index in [0.717, 1.165) is 31.8 Å². The maximum Gasteiger partial charge on any atom is 0.147 e. The lowest BCUT2D eigenvalue weighted by Crippen LogP contribution is -2.28. The fourth-order valence-electron chi connectivity index (χ4n) is 3.07. The maximum atomic E-state index is 5.40. The number of aromatic nitrogens is 3. The number of methoxy groups -OCH3 is 1. The minimum absolute atomic E-state index is 0.440. The zero-order chi connectivity index (χ0) is 12.4. The Kier molecular flexibility index (Phi) is 3.61. The van der Waals surface area contributed by atoms with E-state index in [1.807, 2.05) is 7.11 Å². The topological polar surface area (TPSA) is 52.0 Å². The fraction of sp³-hybridized carbons (Fsp3) is 0.846. The smallest absolute Gasteiger partial charge is 0.147 e. The minimum atomic E-state index is 0.440. The van der Waals surface area contributed by atoms with Gasteiger partial charge in [0.05, 0.1) is 12.6 Å². The molecule has 0 spiro atoms. The van der Waals surface area contributed by atoms with Gasteiger partial charge in [-0.25, -0.2) is 0 Å². The number of nitrogens with one attached hydrogen (secondary N) is 1. The summed E-state index contributed by atoms with van der Waals surface area (Å²) in [6.45, 7) is 1.93. The van der Waals surface area contributed by atoms with Gasteiger partial charge in [-0.05, 0) is 32.1 Å². The Bertz CT molecular complexity index is 404.